The van der Waals surface area contributed by atoms with Crippen LogP contribution in [0.2, 0.25) is 0 Å². The summed E-state index contributed by atoms with van der Waals surface area (Å²) in [6.45, 7) is 6.83. The van der Waals surface area contributed by atoms with Gasteiger partial charge in [0.2, 0.25) is 0 Å². The summed E-state index contributed by atoms with van der Waals surface area (Å²) in [5, 5.41) is 6.91. The molecule has 1 heterocycles. The van der Waals surface area contributed by atoms with Crippen molar-refractivity contribution in [2.45, 2.75) is 45.8 Å². The van der Waals surface area contributed by atoms with Crippen molar-refractivity contribution in [2.75, 3.05) is 13.1 Å². The van der Waals surface area contributed by atoms with Crippen LogP contribution in [0.15, 0.2) is 5.11 Å². The lowest BCUT2D eigenvalue weighted by Crippen LogP contribution is -2.39. The largest absolute Gasteiger partial charge is 0.460 e. The van der Waals surface area contributed by atoms with Gasteiger partial charge in [-0.1, -0.05) is 5.11 Å². The molecule has 0 saturated carbocycles. The van der Waals surface area contributed by atoms with Crippen molar-refractivity contribution in [1.29, 1.82) is 0 Å². The van der Waals surface area contributed by atoms with Gasteiger partial charge >= 0.3 is 5.97 Å². The highest BCUT2D eigenvalue weighted by Crippen LogP contribution is 2.20. The molecular formula is C11H20N4O2. The molecule has 1 N–H and O–H groups in total. The zero-order chi connectivity index (χ0) is 12.9. The summed E-state index contributed by atoms with van der Waals surface area (Å²) in [6, 6.07) is -0.263. The lowest BCUT2D eigenvalue weighted by Gasteiger charge is -2.25. The van der Waals surface area contributed by atoms with E-state index < -0.39 is 5.41 Å². The van der Waals surface area contributed by atoms with Gasteiger partial charge in [-0.25, -0.2) is 0 Å². The maximum atomic E-state index is 11.8. The molecule has 17 heavy (non-hydrogen) atoms. The average Bonchev–Trinajstić information content (AvgIpc) is 2.44. The van der Waals surface area contributed by atoms with Crippen LogP contribution in [0.4, 0.5) is 0 Å². The van der Waals surface area contributed by atoms with Crippen molar-refractivity contribution in [3.05, 3.63) is 10.4 Å². The molecule has 0 aliphatic carbocycles. The molecule has 0 spiro atoms. The van der Waals surface area contributed by atoms with E-state index in [1.807, 2.05) is 20.8 Å². The van der Waals surface area contributed by atoms with Gasteiger partial charge in [0.15, 0.2) is 0 Å². The van der Waals surface area contributed by atoms with Crippen LogP contribution in [0, 0.1) is 5.41 Å². The number of carbonyl (C=O) groups excluding carboxylic acids is 1. The number of carbonyl (C=O) groups is 1. The maximum Gasteiger partial charge on any atom is 0.311 e. The molecule has 0 aromatic heterocycles. The van der Waals surface area contributed by atoms with Crippen LogP contribution >= 0.6 is 0 Å². The standard InChI is InChI=1S/C11H20N4O2/c1-11(2,3)10(16)17-9-7-13-6-4-5-8(9)14-15-12/h8-9,13H,4-7H2,1-3H3. The Balaban J connectivity index is 2.70. The van der Waals surface area contributed by atoms with Gasteiger partial charge in [0, 0.05) is 11.5 Å². The Labute approximate surface area is 101 Å². The smallest absolute Gasteiger partial charge is 0.311 e. The summed E-state index contributed by atoms with van der Waals surface area (Å²) in [7, 11) is 0. The summed E-state index contributed by atoms with van der Waals surface area (Å²) >= 11 is 0. The highest BCUT2D eigenvalue weighted by Gasteiger charge is 2.31. The van der Waals surface area contributed by atoms with E-state index >= 15 is 0 Å². The molecule has 96 valence electrons. The first-order valence-electron chi connectivity index (χ1n) is 5.91. The molecule has 1 rings (SSSR count). The molecule has 0 aromatic carbocycles. The van der Waals surface area contributed by atoms with Gasteiger partial charge in [-0.2, -0.15) is 0 Å². The second-order valence-electron chi connectivity index (χ2n) is 5.31. The summed E-state index contributed by atoms with van der Waals surface area (Å²) in [4.78, 5) is 14.6. The molecule has 1 saturated heterocycles. The highest BCUT2D eigenvalue weighted by atomic mass is 16.5. The van der Waals surface area contributed by atoms with Gasteiger partial charge in [-0.15, -0.1) is 0 Å². The highest BCUT2D eigenvalue weighted by molar-refractivity contribution is 5.75. The average molecular weight is 240 g/mol. The lowest BCUT2D eigenvalue weighted by atomic mass is 9.97. The summed E-state index contributed by atoms with van der Waals surface area (Å²) in [6.07, 6.45) is 1.31. The minimum Gasteiger partial charge on any atom is -0.460 e. The summed E-state index contributed by atoms with van der Waals surface area (Å²) in [5.41, 5.74) is 7.99. The Morgan fingerprint density at radius 2 is 2.24 bits per heavy atom. The summed E-state index contributed by atoms with van der Waals surface area (Å²) in [5.74, 6) is -0.260. The van der Waals surface area contributed by atoms with Gasteiger partial charge in [0.25, 0.3) is 0 Å². The zero-order valence-electron chi connectivity index (χ0n) is 10.6. The first kappa shape index (κ1) is 13.8. The van der Waals surface area contributed by atoms with E-state index in [1.54, 1.807) is 0 Å². The normalized spacial score (nSPS) is 25.6. The van der Waals surface area contributed by atoms with Gasteiger partial charge in [0.1, 0.15) is 6.10 Å². The number of azide groups is 1. The van der Waals surface area contributed by atoms with Crippen LogP contribution in [-0.4, -0.2) is 31.2 Å². The van der Waals surface area contributed by atoms with Gasteiger partial charge in [-0.05, 0) is 45.7 Å². The van der Waals surface area contributed by atoms with E-state index in [2.05, 4.69) is 15.3 Å². The summed E-state index contributed by atoms with van der Waals surface area (Å²) < 4.78 is 5.43. The Kier molecular flexibility index (Phi) is 4.78. The molecule has 6 nitrogen and oxygen atoms in total. The number of nitrogens with one attached hydrogen (secondary N) is 1. The second kappa shape index (κ2) is 5.89. The molecule has 0 bridgehead atoms. The topological polar surface area (TPSA) is 87.1 Å². The number of hydrogen-bond acceptors (Lipinski definition) is 4. The minimum absolute atomic E-state index is 0.260. The van der Waals surface area contributed by atoms with Crippen molar-refractivity contribution in [2.24, 2.45) is 10.5 Å². The SMILES string of the molecule is CC(C)(C)C(=O)OC1CNCCCC1N=[N+]=[N-]. The van der Waals surface area contributed by atoms with Crippen molar-refractivity contribution in [3.63, 3.8) is 0 Å². The fourth-order valence-electron chi connectivity index (χ4n) is 1.64. The molecule has 0 amide bonds. The van der Waals surface area contributed by atoms with E-state index in [4.69, 9.17) is 10.3 Å². The Morgan fingerprint density at radius 1 is 1.53 bits per heavy atom. The fourth-order valence-corrected chi connectivity index (χ4v) is 1.64. The number of hydrogen-bond donors (Lipinski definition) is 1. The van der Waals surface area contributed by atoms with Crippen LogP contribution in [0.3, 0.4) is 0 Å². The van der Waals surface area contributed by atoms with Crippen molar-refractivity contribution in [1.82, 2.24) is 5.32 Å². The molecule has 1 aliphatic rings. The lowest BCUT2D eigenvalue weighted by molar-refractivity contribution is -0.159. The third kappa shape index (κ3) is 4.24. The third-order valence-corrected chi connectivity index (χ3v) is 2.70. The molecule has 0 radical (unpaired) electrons. The zero-order valence-corrected chi connectivity index (χ0v) is 10.6. The van der Waals surface area contributed by atoms with Crippen LogP contribution in [-0.2, 0) is 9.53 Å². The number of nitrogens with zero attached hydrogens (tertiary/aromatic N) is 3. The van der Waals surface area contributed by atoms with Crippen LogP contribution in [0.5, 0.6) is 0 Å². The molecule has 2 atom stereocenters. The number of ether oxygens (including phenoxy) is 1. The van der Waals surface area contributed by atoms with Crippen molar-refractivity contribution >= 4 is 5.97 Å². The second-order valence-corrected chi connectivity index (χ2v) is 5.31. The predicted molar refractivity (Wildman–Crippen MR) is 64.4 cm³/mol. The fraction of sp³-hybridized carbons (Fsp3) is 0.909. The molecule has 1 aliphatic heterocycles. The molecule has 2 unspecified atom stereocenters. The Bertz CT molecular complexity index is 318. The van der Waals surface area contributed by atoms with Crippen LogP contribution < -0.4 is 5.32 Å². The first-order valence-corrected chi connectivity index (χ1v) is 5.91. The van der Waals surface area contributed by atoms with Gasteiger partial charge in [-0.3, -0.25) is 4.79 Å². The van der Waals surface area contributed by atoms with Crippen LogP contribution in [0.1, 0.15) is 33.6 Å². The number of esters is 1. The van der Waals surface area contributed by atoms with Crippen molar-refractivity contribution in [3.8, 4) is 0 Å². The monoisotopic (exact) mass is 240 g/mol. The van der Waals surface area contributed by atoms with E-state index in [1.165, 1.54) is 0 Å². The van der Waals surface area contributed by atoms with Gasteiger partial charge < -0.3 is 10.1 Å². The van der Waals surface area contributed by atoms with Crippen LogP contribution in [0.25, 0.3) is 10.4 Å². The quantitative estimate of drug-likeness (QED) is 0.346. The Morgan fingerprint density at radius 3 is 2.82 bits per heavy atom. The first-order chi connectivity index (χ1) is 7.95. The third-order valence-electron chi connectivity index (χ3n) is 2.70. The molecule has 0 aromatic rings. The van der Waals surface area contributed by atoms with E-state index in [9.17, 15) is 4.79 Å². The molecular weight excluding hydrogens is 220 g/mol. The molecule has 6 heteroatoms. The number of rotatable bonds is 2. The maximum absolute atomic E-state index is 11.8. The van der Waals surface area contributed by atoms with Crippen molar-refractivity contribution < 1.29 is 9.53 Å². The van der Waals surface area contributed by atoms with E-state index in [0.29, 0.717) is 6.54 Å². The minimum atomic E-state index is -0.535. The molecule has 1 fully saturated rings. The van der Waals surface area contributed by atoms with E-state index in [0.717, 1.165) is 19.4 Å². The Hall–Kier alpha value is -1.26. The van der Waals surface area contributed by atoms with E-state index in [-0.39, 0.29) is 18.1 Å². The van der Waals surface area contributed by atoms with Gasteiger partial charge in [0.05, 0.1) is 11.5 Å². The predicted octanol–water partition coefficient (Wildman–Crippen LogP) is 2.01.